The van der Waals surface area contributed by atoms with Crippen LogP contribution < -0.4 is 40.2 Å². The van der Waals surface area contributed by atoms with Gasteiger partial charge in [0, 0.05) is 23.5 Å². The van der Waals surface area contributed by atoms with Crippen molar-refractivity contribution in [2.24, 2.45) is 0 Å². The standard InChI is InChI=1S/C28H32ClN5O3.C23H25ClIN5O2.C5H8O/c1-28(2,35)17-16-19-10-8-9-13-23(19)37-27-33-25(30-20-11-6-4-5-7-12-20)32-26(34-27)31-21-14-15-24(36-3)22(29)18-21;1-31-19-13-12-16(14-17(19)24)27-22-28-21(26-15-8-4-2-3-5-9-15)29-23(30-22)32-20-11-7-6-10-18(20)25;1-4-5(2,3)6/h8-10,13-15,18,20,35H,4-7,11-12H2,1-3H3,(H2,30,31,32,33,34);6-7,10-15H,2-5,8-9H2,1H3,(H2,26,27,28,29,30);1,6H,2-3H3. The molecular weight excluding hydrogens is 1110 g/mol. The number of rotatable bonds is 14. The Labute approximate surface area is 464 Å². The van der Waals surface area contributed by atoms with Crippen LogP contribution in [0.4, 0.5) is 35.2 Å². The van der Waals surface area contributed by atoms with Crippen molar-refractivity contribution in [2.45, 2.75) is 128 Å². The molecule has 2 saturated carbocycles. The monoisotopic (exact) mass is 1170 g/mol. The van der Waals surface area contributed by atoms with Gasteiger partial charge >= 0.3 is 12.0 Å². The normalized spacial score (nSPS) is 14.0. The van der Waals surface area contributed by atoms with Crippen LogP contribution in [0, 0.1) is 27.8 Å². The first-order valence-corrected chi connectivity index (χ1v) is 26.7. The van der Waals surface area contributed by atoms with E-state index in [0.29, 0.717) is 74.1 Å². The molecule has 0 atom stereocenters. The van der Waals surface area contributed by atoms with Crippen molar-refractivity contribution in [3.05, 3.63) is 104 Å². The summed E-state index contributed by atoms with van der Waals surface area (Å²) in [4.78, 5) is 27.2. The van der Waals surface area contributed by atoms with Gasteiger partial charge in [-0.3, -0.25) is 0 Å². The minimum absolute atomic E-state index is 0.116. The fourth-order valence-corrected chi connectivity index (χ4v) is 8.62. The number of nitrogens with one attached hydrogen (secondary N) is 4. The largest absolute Gasteiger partial charge is 0.495 e. The molecule has 4 aromatic carbocycles. The van der Waals surface area contributed by atoms with E-state index in [1.54, 1.807) is 72.2 Å². The van der Waals surface area contributed by atoms with Crippen LogP contribution in [0.5, 0.6) is 35.0 Å². The Morgan fingerprint density at radius 3 is 1.39 bits per heavy atom. The van der Waals surface area contributed by atoms with Gasteiger partial charge in [-0.05, 0) is 137 Å². The van der Waals surface area contributed by atoms with Crippen LogP contribution in [0.25, 0.3) is 0 Å². The third kappa shape index (κ3) is 20.0. The minimum Gasteiger partial charge on any atom is -0.495 e. The van der Waals surface area contributed by atoms with Gasteiger partial charge in [-0.2, -0.15) is 29.9 Å². The van der Waals surface area contributed by atoms with Crippen LogP contribution in [0.3, 0.4) is 0 Å². The van der Waals surface area contributed by atoms with Gasteiger partial charge in [0.05, 0.1) is 33.4 Å². The van der Waals surface area contributed by atoms with E-state index >= 15 is 0 Å². The molecule has 0 unspecified atom stereocenters. The highest BCUT2D eigenvalue weighted by Crippen LogP contribution is 2.33. The lowest BCUT2D eigenvalue weighted by atomic mass is 10.1. The predicted octanol–water partition coefficient (Wildman–Crippen LogP) is 13.5. The summed E-state index contributed by atoms with van der Waals surface area (Å²) in [6.07, 6.45) is 19.0. The SMILES string of the molecule is C#CC(C)(C)O.COc1ccc(Nc2nc(NC3CCCCCC3)nc(Oc3ccccc3C#CC(C)(C)O)n2)cc1Cl.COc1ccc(Nc2nc(NC3CCCCCC3)nc(Oc3ccccc3I)n2)cc1Cl. The summed E-state index contributed by atoms with van der Waals surface area (Å²) in [6, 6.07) is 26.8. The number of aliphatic hydroxyl groups is 2. The van der Waals surface area contributed by atoms with Gasteiger partial charge in [-0.15, -0.1) is 6.42 Å². The van der Waals surface area contributed by atoms with E-state index in [4.69, 9.17) is 53.7 Å². The van der Waals surface area contributed by atoms with Gasteiger partial charge in [0.25, 0.3) is 0 Å². The zero-order chi connectivity index (χ0) is 53.8. The van der Waals surface area contributed by atoms with Crippen LogP contribution in [0.1, 0.15) is 110 Å². The van der Waals surface area contributed by atoms with Crippen molar-refractivity contribution >= 4 is 81.0 Å². The number of terminal acetylenes is 1. The molecule has 0 spiro atoms. The molecule has 2 fully saturated rings. The number of para-hydroxylation sites is 2. The second kappa shape index (κ2) is 28.5. The first-order valence-electron chi connectivity index (χ1n) is 24.9. The lowest BCUT2D eigenvalue weighted by molar-refractivity contribution is 0.143. The molecule has 6 N–H and O–H groups in total. The molecule has 8 rings (SSSR count). The summed E-state index contributed by atoms with van der Waals surface area (Å²) >= 11 is 14.8. The lowest BCUT2D eigenvalue weighted by Crippen LogP contribution is -2.20. The van der Waals surface area contributed by atoms with Gasteiger partial charge in [0.2, 0.25) is 23.8 Å². The summed E-state index contributed by atoms with van der Waals surface area (Å²) in [5, 5.41) is 32.9. The predicted molar refractivity (Wildman–Crippen MR) is 307 cm³/mol. The van der Waals surface area contributed by atoms with Crippen molar-refractivity contribution in [1.82, 2.24) is 29.9 Å². The van der Waals surface area contributed by atoms with Crippen LogP contribution >= 0.6 is 45.8 Å². The average molecular weight is 1170 g/mol. The van der Waals surface area contributed by atoms with Gasteiger partial charge in [0.15, 0.2) is 0 Å². The average Bonchev–Trinajstić information content (AvgIpc) is 3.80. The molecule has 2 aliphatic carbocycles. The van der Waals surface area contributed by atoms with Crippen LogP contribution in [0.15, 0.2) is 84.9 Å². The molecule has 19 heteroatoms. The maximum atomic E-state index is 10.0. The van der Waals surface area contributed by atoms with E-state index in [9.17, 15) is 5.11 Å². The van der Waals surface area contributed by atoms with E-state index < -0.39 is 11.2 Å². The molecule has 6 aromatic rings. The smallest absolute Gasteiger partial charge is 0.328 e. The van der Waals surface area contributed by atoms with Gasteiger partial charge < -0.3 is 50.4 Å². The Bertz CT molecular complexity index is 2900. The number of ether oxygens (including phenoxy) is 4. The molecule has 0 bridgehead atoms. The zero-order valence-electron chi connectivity index (χ0n) is 43.1. The highest BCUT2D eigenvalue weighted by Gasteiger charge is 2.19. The van der Waals surface area contributed by atoms with Crippen molar-refractivity contribution < 1.29 is 29.2 Å². The highest BCUT2D eigenvalue weighted by molar-refractivity contribution is 14.1. The molecule has 0 aliphatic heterocycles. The van der Waals surface area contributed by atoms with Crippen molar-refractivity contribution in [3.63, 3.8) is 0 Å². The second-order valence-electron chi connectivity index (χ2n) is 18.8. The number of halogens is 3. The molecule has 0 amide bonds. The third-order valence-electron chi connectivity index (χ3n) is 11.4. The molecule has 2 aliphatic rings. The molecule has 75 heavy (non-hydrogen) atoms. The Morgan fingerprint density at radius 2 is 0.973 bits per heavy atom. The van der Waals surface area contributed by atoms with E-state index in [1.807, 2.05) is 54.6 Å². The molecule has 0 radical (unpaired) electrons. The fraction of sp³-hybridized carbons (Fsp3) is 0.393. The summed E-state index contributed by atoms with van der Waals surface area (Å²) in [5.41, 5.74) is -0.0190. The van der Waals surface area contributed by atoms with Crippen LogP contribution in [-0.2, 0) is 0 Å². The van der Waals surface area contributed by atoms with Gasteiger partial charge in [-0.1, -0.05) is 117 Å². The van der Waals surface area contributed by atoms with E-state index in [2.05, 4.69) is 91.5 Å². The third-order valence-corrected chi connectivity index (χ3v) is 12.9. The summed E-state index contributed by atoms with van der Waals surface area (Å²) < 4.78 is 23.5. The Hall–Kier alpha value is -6.35. The van der Waals surface area contributed by atoms with Crippen molar-refractivity contribution in [3.8, 4) is 59.2 Å². The number of aromatic nitrogens is 6. The van der Waals surface area contributed by atoms with E-state index in [0.717, 1.165) is 34.9 Å². The Morgan fingerprint density at radius 1 is 0.560 bits per heavy atom. The maximum absolute atomic E-state index is 10.0. The number of anilines is 6. The first kappa shape index (κ1) is 57.9. The number of hydrogen-bond acceptors (Lipinski definition) is 16. The number of benzene rings is 4. The summed E-state index contributed by atoms with van der Waals surface area (Å²) in [6.45, 7) is 6.38. The number of nitrogens with zero attached hydrogens (tertiary/aromatic N) is 6. The molecule has 2 aromatic heterocycles. The molecule has 0 saturated heterocycles. The highest BCUT2D eigenvalue weighted by atomic mass is 127. The van der Waals surface area contributed by atoms with Crippen LogP contribution in [0.2, 0.25) is 10.0 Å². The first-order chi connectivity index (χ1) is 35.9. The maximum Gasteiger partial charge on any atom is 0.328 e. The summed E-state index contributed by atoms with van der Waals surface area (Å²) in [7, 11) is 3.15. The topological polar surface area (TPSA) is 203 Å². The van der Waals surface area contributed by atoms with Crippen molar-refractivity contribution in [1.29, 1.82) is 0 Å². The fourth-order valence-electron chi connectivity index (χ4n) is 7.61. The second-order valence-corrected chi connectivity index (χ2v) is 20.8. The van der Waals surface area contributed by atoms with E-state index in [-0.39, 0.29) is 18.1 Å². The Kier molecular flexibility index (Phi) is 22.0. The number of hydrogen-bond donors (Lipinski definition) is 6. The molecule has 2 heterocycles. The van der Waals surface area contributed by atoms with E-state index in [1.165, 1.54) is 51.4 Å². The quantitative estimate of drug-likeness (QED) is 0.0341. The van der Waals surface area contributed by atoms with Crippen LogP contribution in [-0.4, -0.2) is 77.6 Å². The molecule has 16 nitrogen and oxygen atoms in total. The molecular formula is C56H65Cl2IN10O6. The summed E-state index contributed by atoms with van der Waals surface area (Å²) in [5.74, 6) is 11.9. The van der Waals surface area contributed by atoms with Crippen molar-refractivity contribution in [2.75, 3.05) is 35.5 Å². The number of methoxy groups -OCH3 is 2. The molecule has 396 valence electrons. The van der Waals surface area contributed by atoms with Gasteiger partial charge in [-0.25, -0.2) is 0 Å². The zero-order valence-corrected chi connectivity index (χ0v) is 46.8. The Balaban J connectivity index is 0.000000222. The lowest BCUT2D eigenvalue weighted by Gasteiger charge is -2.17. The van der Waals surface area contributed by atoms with Gasteiger partial charge in [0.1, 0.15) is 34.2 Å². The minimum atomic E-state index is -1.13.